The molecule has 0 spiro atoms. The molecule has 0 aliphatic heterocycles. The number of benzene rings is 1. The van der Waals surface area contributed by atoms with Crippen LogP contribution in [0.3, 0.4) is 0 Å². The summed E-state index contributed by atoms with van der Waals surface area (Å²) < 4.78 is 5.33. The Morgan fingerprint density at radius 2 is 1.95 bits per heavy atom. The number of nitrogens with one attached hydrogen (secondary N) is 1. The number of hydrogen-bond donors (Lipinski definition) is 2. The largest absolute Gasteiger partial charge is 0.466 e. The van der Waals surface area contributed by atoms with Gasteiger partial charge >= 0.3 is 0 Å². The van der Waals surface area contributed by atoms with E-state index in [1.807, 2.05) is 37.3 Å². The fraction of sp³-hybridized carbons (Fsp3) is 0.267. The van der Waals surface area contributed by atoms with Gasteiger partial charge < -0.3 is 15.5 Å². The Morgan fingerprint density at radius 3 is 2.50 bits per heavy atom. The van der Waals surface area contributed by atoms with Crippen molar-refractivity contribution in [1.29, 1.82) is 0 Å². The van der Waals surface area contributed by atoms with Crippen LogP contribution in [0.1, 0.15) is 33.5 Å². The summed E-state index contributed by atoms with van der Waals surface area (Å²) in [6.07, 6.45) is 0. The third kappa shape index (κ3) is 3.85. The molecule has 1 aromatic carbocycles. The first-order chi connectivity index (χ1) is 9.08. The predicted molar refractivity (Wildman–Crippen MR) is 81.1 cm³/mol. The van der Waals surface area contributed by atoms with Crippen LogP contribution in [-0.4, -0.2) is 12.5 Å². The van der Waals surface area contributed by atoms with Gasteiger partial charge in [-0.2, -0.15) is 0 Å². The van der Waals surface area contributed by atoms with Gasteiger partial charge in [-0.05, 0) is 25.5 Å². The average Bonchev–Trinajstić information content (AvgIpc) is 2.75. The van der Waals surface area contributed by atoms with Gasteiger partial charge in [0.15, 0.2) is 0 Å². The van der Waals surface area contributed by atoms with Crippen molar-refractivity contribution in [2.75, 3.05) is 6.54 Å². The van der Waals surface area contributed by atoms with E-state index in [0.717, 1.165) is 11.3 Å². The molecule has 0 saturated carbocycles. The minimum absolute atomic E-state index is 0. The standard InChI is InChI=1S/C15H18N2O2.ClH/c1-10-8-13(11(2)19-10)15(18)17-9-14(16)12-6-4-3-5-7-12;/h3-8,14H,9,16H2,1-2H3,(H,17,18);1H. The monoisotopic (exact) mass is 294 g/mol. The van der Waals surface area contributed by atoms with Crippen molar-refractivity contribution in [2.24, 2.45) is 5.73 Å². The van der Waals surface area contributed by atoms with Gasteiger partial charge in [-0.1, -0.05) is 30.3 Å². The molecule has 0 aliphatic carbocycles. The molecule has 5 heteroatoms. The summed E-state index contributed by atoms with van der Waals surface area (Å²) >= 11 is 0. The topological polar surface area (TPSA) is 68.3 Å². The third-order valence-corrected chi connectivity index (χ3v) is 3.00. The van der Waals surface area contributed by atoms with E-state index >= 15 is 0 Å². The number of halogens is 1. The Kier molecular flexibility index (Phi) is 5.80. The van der Waals surface area contributed by atoms with E-state index in [0.29, 0.717) is 17.9 Å². The second-order valence-electron chi connectivity index (χ2n) is 4.55. The lowest BCUT2D eigenvalue weighted by Crippen LogP contribution is -2.32. The predicted octanol–water partition coefficient (Wildman–Crippen LogP) is 2.75. The van der Waals surface area contributed by atoms with E-state index in [1.165, 1.54) is 0 Å². The van der Waals surface area contributed by atoms with Crippen LogP contribution in [0.5, 0.6) is 0 Å². The highest BCUT2D eigenvalue weighted by Gasteiger charge is 2.14. The first-order valence-corrected chi connectivity index (χ1v) is 6.23. The minimum atomic E-state index is -0.210. The molecule has 4 nitrogen and oxygen atoms in total. The summed E-state index contributed by atoms with van der Waals surface area (Å²) in [4.78, 5) is 12.0. The molecule has 1 heterocycles. The zero-order chi connectivity index (χ0) is 13.8. The molecule has 1 atom stereocenters. The fourth-order valence-corrected chi connectivity index (χ4v) is 1.97. The molecule has 1 unspecified atom stereocenters. The van der Waals surface area contributed by atoms with Gasteiger partial charge in [0.05, 0.1) is 5.56 Å². The molecule has 108 valence electrons. The molecule has 0 aliphatic rings. The van der Waals surface area contributed by atoms with Crippen molar-refractivity contribution in [2.45, 2.75) is 19.9 Å². The summed E-state index contributed by atoms with van der Waals surface area (Å²) in [5, 5.41) is 2.83. The number of carbonyl (C=O) groups excluding carboxylic acids is 1. The second kappa shape index (κ2) is 7.12. The second-order valence-corrected chi connectivity index (χ2v) is 4.55. The van der Waals surface area contributed by atoms with Gasteiger partial charge in [0.2, 0.25) is 0 Å². The molecule has 2 rings (SSSR count). The van der Waals surface area contributed by atoms with Crippen molar-refractivity contribution in [3.63, 3.8) is 0 Å². The molecule has 0 radical (unpaired) electrons. The normalized spacial score (nSPS) is 11.6. The highest BCUT2D eigenvalue weighted by molar-refractivity contribution is 5.95. The smallest absolute Gasteiger partial charge is 0.254 e. The summed E-state index contributed by atoms with van der Waals surface area (Å²) in [5.74, 6) is 1.21. The molecule has 3 N–H and O–H groups in total. The molecule has 2 aromatic rings. The number of hydrogen-bond acceptors (Lipinski definition) is 3. The van der Waals surface area contributed by atoms with Crippen LogP contribution in [0.15, 0.2) is 40.8 Å². The van der Waals surface area contributed by atoms with Gasteiger partial charge in [-0.15, -0.1) is 12.4 Å². The Balaban J connectivity index is 0.00000200. The highest BCUT2D eigenvalue weighted by Crippen LogP contribution is 2.14. The van der Waals surface area contributed by atoms with Crippen molar-refractivity contribution in [3.05, 3.63) is 59.0 Å². The van der Waals surface area contributed by atoms with Gasteiger partial charge in [0.25, 0.3) is 5.91 Å². The molecule has 0 fully saturated rings. The lowest BCUT2D eigenvalue weighted by atomic mass is 10.1. The number of furan rings is 1. The molecule has 20 heavy (non-hydrogen) atoms. The van der Waals surface area contributed by atoms with E-state index in [4.69, 9.17) is 10.2 Å². The van der Waals surface area contributed by atoms with Crippen molar-refractivity contribution >= 4 is 18.3 Å². The van der Waals surface area contributed by atoms with Crippen LogP contribution >= 0.6 is 12.4 Å². The number of carbonyl (C=O) groups is 1. The lowest BCUT2D eigenvalue weighted by molar-refractivity contribution is 0.0949. The zero-order valence-electron chi connectivity index (χ0n) is 11.6. The fourth-order valence-electron chi connectivity index (χ4n) is 1.97. The van der Waals surface area contributed by atoms with Crippen molar-refractivity contribution in [3.8, 4) is 0 Å². The van der Waals surface area contributed by atoms with Crippen molar-refractivity contribution < 1.29 is 9.21 Å². The molecule has 0 bridgehead atoms. The summed E-state index contributed by atoms with van der Waals surface area (Å²) in [6, 6.07) is 11.2. The maximum atomic E-state index is 12.0. The molecule has 1 aromatic heterocycles. The molecule has 0 saturated heterocycles. The maximum absolute atomic E-state index is 12.0. The van der Waals surface area contributed by atoms with Crippen LogP contribution in [0.4, 0.5) is 0 Å². The number of amides is 1. The Labute approximate surface area is 124 Å². The van der Waals surface area contributed by atoms with E-state index < -0.39 is 0 Å². The number of rotatable bonds is 4. The Hall–Kier alpha value is -1.78. The van der Waals surface area contributed by atoms with Gasteiger partial charge in [-0.25, -0.2) is 0 Å². The van der Waals surface area contributed by atoms with Crippen LogP contribution in [-0.2, 0) is 0 Å². The third-order valence-electron chi connectivity index (χ3n) is 3.00. The van der Waals surface area contributed by atoms with Gasteiger partial charge in [0, 0.05) is 12.6 Å². The molecule has 1 amide bonds. The Morgan fingerprint density at radius 1 is 1.30 bits per heavy atom. The van der Waals surface area contributed by atoms with E-state index in [-0.39, 0.29) is 24.4 Å². The average molecular weight is 295 g/mol. The summed E-state index contributed by atoms with van der Waals surface area (Å²) in [7, 11) is 0. The van der Waals surface area contributed by atoms with Crippen LogP contribution in [0, 0.1) is 13.8 Å². The quantitative estimate of drug-likeness (QED) is 0.911. The summed E-state index contributed by atoms with van der Waals surface area (Å²) in [5.41, 5.74) is 7.60. The molecular formula is C15H19ClN2O2. The maximum Gasteiger partial charge on any atom is 0.254 e. The SMILES string of the molecule is Cc1cc(C(=O)NCC(N)c2ccccc2)c(C)o1.Cl. The first-order valence-electron chi connectivity index (χ1n) is 6.23. The Bertz CT molecular complexity index is 567. The number of nitrogens with two attached hydrogens (primary N) is 1. The zero-order valence-corrected chi connectivity index (χ0v) is 12.4. The van der Waals surface area contributed by atoms with Gasteiger partial charge in [-0.3, -0.25) is 4.79 Å². The van der Waals surface area contributed by atoms with Crippen molar-refractivity contribution in [1.82, 2.24) is 5.32 Å². The lowest BCUT2D eigenvalue weighted by Gasteiger charge is -2.12. The van der Waals surface area contributed by atoms with Crippen LogP contribution < -0.4 is 11.1 Å². The van der Waals surface area contributed by atoms with E-state index in [2.05, 4.69) is 5.32 Å². The van der Waals surface area contributed by atoms with E-state index in [9.17, 15) is 4.79 Å². The number of aryl methyl sites for hydroxylation is 2. The van der Waals surface area contributed by atoms with Crippen LogP contribution in [0.25, 0.3) is 0 Å². The first kappa shape index (κ1) is 16.3. The van der Waals surface area contributed by atoms with Crippen LogP contribution in [0.2, 0.25) is 0 Å². The molecular weight excluding hydrogens is 276 g/mol. The minimum Gasteiger partial charge on any atom is -0.466 e. The highest BCUT2D eigenvalue weighted by atomic mass is 35.5. The summed E-state index contributed by atoms with van der Waals surface area (Å²) in [6.45, 7) is 3.99. The van der Waals surface area contributed by atoms with E-state index in [1.54, 1.807) is 13.0 Å². The van der Waals surface area contributed by atoms with Gasteiger partial charge in [0.1, 0.15) is 11.5 Å².